The van der Waals surface area contributed by atoms with Crippen molar-refractivity contribution in [3.63, 3.8) is 0 Å². The number of benzene rings is 3. The lowest BCUT2D eigenvalue weighted by atomic mass is 10.2. The van der Waals surface area contributed by atoms with Gasteiger partial charge in [-0.1, -0.05) is 47.7 Å². The number of fused-ring (bicyclic) bond motifs is 3. The van der Waals surface area contributed by atoms with Crippen LogP contribution in [0.15, 0.2) is 82.7 Å². The maximum Gasteiger partial charge on any atom is 0.283 e. The summed E-state index contributed by atoms with van der Waals surface area (Å²) in [6.07, 6.45) is 0. The summed E-state index contributed by atoms with van der Waals surface area (Å²) in [5.74, 6) is -0.233. The van der Waals surface area contributed by atoms with Gasteiger partial charge in [0.05, 0.1) is 16.4 Å². The number of nitrogens with one attached hydrogen (secondary N) is 2. The molecule has 0 aliphatic heterocycles. The van der Waals surface area contributed by atoms with Crippen molar-refractivity contribution in [2.45, 2.75) is 12.1 Å². The minimum atomic E-state index is -0.503. The zero-order chi connectivity index (χ0) is 24.5. The molecule has 0 aliphatic carbocycles. The van der Waals surface area contributed by atoms with Crippen molar-refractivity contribution in [3.8, 4) is 5.69 Å². The second kappa shape index (κ2) is 9.07. The van der Waals surface area contributed by atoms with Crippen LogP contribution in [0, 0.1) is 17.0 Å². The molecule has 0 atom stereocenters. The number of aromatic nitrogens is 3. The molecule has 0 saturated heterocycles. The number of nitro benzene ring substituents is 1. The summed E-state index contributed by atoms with van der Waals surface area (Å²) in [6, 6.07) is 20.5. The summed E-state index contributed by atoms with van der Waals surface area (Å²) in [4.78, 5) is 44.6. The number of nitro groups is 1. The van der Waals surface area contributed by atoms with E-state index >= 15 is 0 Å². The summed E-state index contributed by atoms with van der Waals surface area (Å²) in [5, 5.41) is 15.0. The number of amides is 1. The molecule has 174 valence electrons. The first-order chi connectivity index (χ1) is 16.9. The number of carbonyl (C=O) groups excluding carboxylic acids is 1. The van der Waals surface area contributed by atoms with Crippen molar-refractivity contribution in [1.29, 1.82) is 0 Å². The molecule has 5 rings (SSSR count). The Morgan fingerprint density at radius 3 is 2.51 bits per heavy atom. The van der Waals surface area contributed by atoms with E-state index in [1.807, 2.05) is 55.5 Å². The number of aryl methyl sites for hydroxylation is 1. The van der Waals surface area contributed by atoms with Crippen LogP contribution in [0.1, 0.15) is 5.56 Å². The third kappa shape index (κ3) is 4.38. The van der Waals surface area contributed by atoms with Gasteiger partial charge in [-0.15, -0.1) is 0 Å². The Balaban J connectivity index is 1.55. The van der Waals surface area contributed by atoms with Crippen molar-refractivity contribution in [1.82, 2.24) is 14.5 Å². The minimum absolute atomic E-state index is 0.0150. The molecule has 2 N–H and O–H groups in total. The number of nitrogens with zero attached hydrogens (tertiary/aromatic N) is 3. The Bertz CT molecular complexity index is 1640. The molecular formula is C25H19N5O4S. The Hall–Kier alpha value is -4.44. The van der Waals surface area contributed by atoms with Gasteiger partial charge in [0, 0.05) is 28.7 Å². The highest BCUT2D eigenvalue weighted by molar-refractivity contribution is 7.99. The molecule has 9 nitrogen and oxygen atoms in total. The minimum Gasteiger partial charge on any atom is -0.349 e. The van der Waals surface area contributed by atoms with E-state index in [1.54, 1.807) is 0 Å². The van der Waals surface area contributed by atoms with Crippen molar-refractivity contribution in [3.05, 3.63) is 98.8 Å². The Labute approximate surface area is 203 Å². The number of aromatic amines is 1. The summed E-state index contributed by atoms with van der Waals surface area (Å²) in [6.45, 7) is 1.96. The number of para-hydroxylation sites is 1. The van der Waals surface area contributed by atoms with E-state index in [1.165, 1.54) is 28.8 Å². The molecule has 0 fully saturated rings. The fourth-order valence-corrected chi connectivity index (χ4v) is 4.56. The first kappa shape index (κ1) is 22.4. The molecule has 0 spiro atoms. The van der Waals surface area contributed by atoms with Crippen LogP contribution in [0.2, 0.25) is 0 Å². The molecule has 0 unspecified atom stereocenters. The Morgan fingerprint density at radius 1 is 1.09 bits per heavy atom. The molecular weight excluding hydrogens is 466 g/mol. The van der Waals surface area contributed by atoms with E-state index in [0.29, 0.717) is 27.6 Å². The second-order valence-corrected chi connectivity index (χ2v) is 8.85. The van der Waals surface area contributed by atoms with Crippen molar-refractivity contribution in [2.24, 2.45) is 0 Å². The molecule has 0 radical (unpaired) electrons. The predicted molar refractivity (Wildman–Crippen MR) is 136 cm³/mol. The van der Waals surface area contributed by atoms with Gasteiger partial charge < -0.3 is 10.3 Å². The number of thioether (sulfide) groups is 1. The standard InChI is InChI=1S/C25H19N5O4S/c1-15-6-8-16(9-7-15)26-21(31)14-35-25-28-22-19-4-2-3-5-20(19)27-23(22)24(32)29(25)17-10-12-18(13-11-17)30(33)34/h2-13,27H,14H2,1H3,(H,26,31). The van der Waals surface area contributed by atoms with Gasteiger partial charge in [-0.25, -0.2) is 4.98 Å². The highest BCUT2D eigenvalue weighted by Crippen LogP contribution is 2.27. The normalized spacial score (nSPS) is 11.1. The molecule has 0 bridgehead atoms. The highest BCUT2D eigenvalue weighted by Gasteiger charge is 2.19. The quantitative estimate of drug-likeness (QED) is 0.154. The molecule has 3 aromatic carbocycles. The zero-order valence-electron chi connectivity index (χ0n) is 18.5. The summed E-state index contributed by atoms with van der Waals surface area (Å²) in [5.41, 5.74) is 3.31. The summed E-state index contributed by atoms with van der Waals surface area (Å²) >= 11 is 1.12. The average molecular weight is 486 g/mol. The van der Waals surface area contributed by atoms with Crippen molar-refractivity contribution >= 4 is 51.0 Å². The largest absolute Gasteiger partial charge is 0.349 e. The number of hydrogen-bond acceptors (Lipinski definition) is 6. The molecule has 0 saturated carbocycles. The predicted octanol–water partition coefficient (Wildman–Crippen LogP) is 4.81. The topological polar surface area (TPSA) is 123 Å². The number of carbonyl (C=O) groups is 1. The molecule has 10 heteroatoms. The molecule has 35 heavy (non-hydrogen) atoms. The van der Waals surface area contributed by atoms with E-state index in [2.05, 4.69) is 10.3 Å². The number of rotatable bonds is 6. The van der Waals surface area contributed by atoms with Gasteiger partial charge >= 0.3 is 0 Å². The fraction of sp³-hybridized carbons (Fsp3) is 0.0800. The van der Waals surface area contributed by atoms with Crippen LogP contribution >= 0.6 is 11.8 Å². The van der Waals surface area contributed by atoms with Crippen LogP contribution < -0.4 is 10.9 Å². The number of H-pyrrole nitrogens is 1. The van der Waals surface area contributed by atoms with E-state index in [-0.39, 0.29) is 22.9 Å². The van der Waals surface area contributed by atoms with Gasteiger partial charge in [0.25, 0.3) is 11.2 Å². The van der Waals surface area contributed by atoms with Crippen LogP contribution in [-0.2, 0) is 4.79 Å². The van der Waals surface area contributed by atoms with Gasteiger partial charge in [0.15, 0.2) is 5.16 Å². The monoisotopic (exact) mass is 485 g/mol. The molecule has 2 heterocycles. The van der Waals surface area contributed by atoms with E-state index in [9.17, 15) is 19.7 Å². The maximum atomic E-state index is 13.5. The van der Waals surface area contributed by atoms with Gasteiger partial charge in [-0.3, -0.25) is 24.3 Å². The van der Waals surface area contributed by atoms with Crippen molar-refractivity contribution in [2.75, 3.05) is 11.1 Å². The lowest BCUT2D eigenvalue weighted by Crippen LogP contribution is -2.23. The van der Waals surface area contributed by atoms with E-state index in [0.717, 1.165) is 28.2 Å². The van der Waals surface area contributed by atoms with Crippen molar-refractivity contribution < 1.29 is 9.72 Å². The van der Waals surface area contributed by atoms with E-state index < -0.39 is 4.92 Å². The number of anilines is 1. The first-order valence-corrected chi connectivity index (χ1v) is 11.7. The van der Waals surface area contributed by atoms with Gasteiger partial charge in [-0.05, 0) is 37.3 Å². The van der Waals surface area contributed by atoms with Gasteiger partial charge in [-0.2, -0.15) is 0 Å². The third-order valence-electron chi connectivity index (χ3n) is 5.48. The summed E-state index contributed by atoms with van der Waals surface area (Å²) in [7, 11) is 0. The second-order valence-electron chi connectivity index (χ2n) is 7.91. The Morgan fingerprint density at radius 2 is 1.80 bits per heavy atom. The van der Waals surface area contributed by atoms with Crippen LogP contribution in [-0.4, -0.2) is 31.1 Å². The number of non-ortho nitro benzene ring substituents is 1. The first-order valence-electron chi connectivity index (χ1n) is 10.7. The SMILES string of the molecule is Cc1ccc(NC(=O)CSc2nc3c([nH]c4ccccc43)c(=O)n2-c2ccc([N+](=O)[O-])cc2)cc1. The van der Waals surface area contributed by atoms with Gasteiger partial charge in [0.2, 0.25) is 5.91 Å². The summed E-state index contributed by atoms with van der Waals surface area (Å²) < 4.78 is 1.37. The highest BCUT2D eigenvalue weighted by atomic mass is 32.2. The fourth-order valence-electron chi connectivity index (χ4n) is 3.75. The lowest BCUT2D eigenvalue weighted by molar-refractivity contribution is -0.384. The molecule has 5 aromatic rings. The molecule has 0 aliphatic rings. The van der Waals surface area contributed by atoms with Crippen LogP contribution in [0.25, 0.3) is 27.6 Å². The third-order valence-corrected chi connectivity index (χ3v) is 6.42. The Kier molecular flexibility index (Phi) is 5.79. The smallest absolute Gasteiger partial charge is 0.283 e. The van der Waals surface area contributed by atoms with E-state index in [4.69, 9.17) is 4.98 Å². The van der Waals surface area contributed by atoms with Crippen LogP contribution in [0.5, 0.6) is 0 Å². The lowest BCUT2D eigenvalue weighted by Gasteiger charge is -2.12. The molecule has 2 aromatic heterocycles. The number of hydrogen-bond donors (Lipinski definition) is 2. The van der Waals surface area contributed by atoms with Gasteiger partial charge in [0.1, 0.15) is 11.0 Å². The van der Waals surface area contributed by atoms with Crippen LogP contribution in [0.3, 0.4) is 0 Å². The van der Waals surface area contributed by atoms with Crippen LogP contribution in [0.4, 0.5) is 11.4 Å². The average Bonchev–Trinajstić information content (AvgIpc) is 3.23. The maximum absolute atomic E-state index is 13.5. The molecule has 1 amide bonds. The zero-order valence-corrected chi connectivity index (χ0v) is 19.3.